The summed E-state index contributed by atoms with van der Waals surface area (Å²) in [6, 6.07) is 3.56. The van der Waals surface area contributed by atoms with Crippen molar-refractivity contribution in [2.75, 3.05) is 13.1 Å². The van der Waals surface area contributed by atoms with E-state index in [0.717, 1.165) is 24.1 Å². The molecule has 2 N–H and O–H groups in total. The maximum atomic E-state index is 13.0. The molecule has 0 aromatic carbocycles. The van der Waals surface area contributed by atoms with E-state index in [9.17, 15) is 9.59 Å². The fourth-order valence-electron chi connectivity index (χ4n) is 3.58. The van der Waals surface area contributed by atoms with Crippen molar-refractivity contribution in [3.63, 3.8) is 0 Å². The lowest BCUT2D eigenvalue weighted by Gasteiger charge is -2.33. The van der Waals surface area contributed by atoms with Gasteiger partial charge in [0.05, 0.1) is 23.6 Å². The number of pyridine rings is 1. The number of carbonyl (C=O) groups excluding carboxylic acids is 2. The van der Waals surface area contributed by atoms with Gasteiger partial charge in [-0.3, -0.25) is 9.59 Å². The highest BCUT2D eigenvalue weighted by molar-refractivity contribution is 6.00. The lowest BCUT2D eigenvalue weighted by Crippen LogP contribution is -2.49. The van der Waals surface area contributed by atoms with Crippen molar-refractivity contribution >= 4 is 17.3 Å². The van der Waals surface area contributed by atoms with Crippen molar-refractivity contribution < 1.29 is 9.59 Å². The lowest BCUT2D eigenvalue weighted by molar-refractivity contribution is 0.0676. The fourth-order valence-corrected chi connectivity index (χ4v) is 3.58. The standard InChI is InChI=1S/C20H24N6O2/c1-13(2)16-9-22-18(24-16)19(27)23-14-5-3-7-25(11-14)20(28)15-6-4-8-26-12-21-10-17(15)26/h4,6,8-10,12-14H,3,5,7,11H2,1-2H3,(H,22,24)(H,23,27). The molecule has 28 heavy (non-hydrogen) atoms. The van der Waals surface area contributed by atoms with E-state index in [1.807, 2.05) is 36.6 Å². The van der Waals surface area contributed by atoms with Crippen molar-refractivity contribution in [3.8, 4) is 0 Å². The molecule has 8 heteroatoms. The number of hydrogen-bond donors (Lipinski definition) is 2. The van der Waals surface area contributed by atoms with Gasteiger partial charge in [-0.05, 0) is 30.9 Å². The minimum Gasteiger partial charge on any atom is -0.345 e. The maximum Gasteiger partial charge on any atom is 0.287 e. The third-order valence-electron chi connectivity index (χ3n) is 5.16. The predicted molar refractivity (Wildman–Crippen MR) is 104 cm³/mol. The van der Waals surface area contributed by atoms with Crippen LogP contribution in [0.2, 0.25) is 0 Å². The van der Waals surface area contributed by atoms with Gasteiger partial charge in [-0.2, -0.15) is 0 Å². The van der Waals surface area contributed by atoms with E-state index in [4.69, 9.17) is 0 Å². The Hall–Kier alpha value is -3.16. The number of nitrogens with zero attached hydrogens (tertiary/aromatic N) is 4. The largest absolute Gasteiger partial charge is 0.345 e. The molecule has 1 unspecified atom stereocenters. The molecule has 0 spiro atoms. The van der Waals surface area contributed by atoms with Crippen molar-refractivity contribution in [1.29, 1.82) is 0 Å². The maximum absolute atomic E-state index is 13.0. The molecule has 2 amide bonds. The molecule has 0 aliphatic carbocycles. The molecule has 1 aliphatic rings. The highest BCUT2D eigenvalue weighted by Gasteiger charge is 2.27. The lowest BCUT2D eigenvalue weighted by atomic mass is 10.0. The molecule has 1 aliphatic heterocycles. The first kappa shape index (κ1) is 18.2. The number of hydrogen-bond acceptors (Lipinski definition) is 4. The second kappa shape index (κ2) is 7.46. The van der Waals surface area contributed by atoms with Gasteiger partial charge in [-0.25, -0.2) is 9.97 Å². The molecule has 1 fully saturated rings. The van der Waals surface area contributed by atoms with Crippen LogP contribution in [0.1, 0.15) is 59.3 Å². The Morgan fingerprint density at radius 2 is 2.18 bits per heavy atom. The molecule has 4 heterocycles. The molecule has 1 saturated heterocycles. The second-order valence-corrected chi connectivity index (χ2v) is 7.51. The van der Waals surface area contributed by atoms with E-state index in [1.165, 1.54) is 0 Å². The third-order valence-corrected chi connectivity index (χ3v) is 5.16. The summed E-state index contributed by atoms with van der Waals surface area (Å²) in [6.45, 7) is 5.25. The number of aromatic amines is 1. The summed E-state index contributed by atoms with van der Waals surface area (Å²) in [4.78, 5) is 38.7. The van der Waals surface area contributed by atoms with E-state index in [-0.39, 0.29) is 23.8 Å². The van der Waals surface area contributed by atoms with E-state index in [0.29, 0.717) is 24.5 Å². The Morgan fingerprint density at radius 1 is 1.32 bits per heavy atom. The van der Waals surface area contributed by atoms with Crippen LogP contribution in [-0.2, 0) is 0 Å². The van der Waals surface area contributed by atoms with Gasteiger partial charge >= 0.3 is 0 Å². The number of H-pyrrole nitrogens is 1. The first-order valence-corrected chi connectivity index (χ1v) is 9.58. The number of carbonyl (C=O) groups is 2. The van der Waals surface area contributed by atoms with Crippen LogP contribution in [0.25, 0.3) is 5.52 Å². The summed E-state index contributed by atoms with van der Waals surface area (Å²) in [5, 5.41) is 3.01. The summed E-state index contributed by atoms with van der Waals surface area (Å²) < 4.78 is 1.83. The zero-order chi connectivity index (χ0) is 19.7. The molecule has 1 atom stereocenters. The number of amides is 2. The first-order valence-electron chi connectivity index (χ1n) is 9.58. The zero-order valence-electron chi connectivity index (χ0n) is 16.1. The van der Waals surface area contributed by atoms with Crippen LogP contribution in [0, 0.1) is 0 Å². The molecule has 146 valence electrons. The Bertz CT molecular complexity index is 1000. The van der Waals surface area contributed by atoms with E-state index < -0.39 is 0 Å². The van der Waals surface area contributed by atoms with Crippen LogP contribution in [0.3, 0.4) is 0 Å². The van der Waals surface area contributed by atoms with Crippen molar-refractivity contribution in [2.24, 2.45) is 0 Å². The van der Waals surface area contributed by atoms with Gasteiger partial charge in [0.15, 0.2) is 5.82 Å². The van der Waals surface area contributed by atoms with E-state index >= 15 is 0 Å². The highest BCUT2D eigenvalue weighted by Crippen LogP contribution is 2.18. The van der Waals surface area contributed by atoms with Crippen molar-refractivity contribution in [3.05, 3.63) is 54.1 Å². The number of aromatic nitrogens is 4. The molecule has 0 saturated carbocycles. The number of rotatable bonds is 4. The Balaban J connectivity index is 1.44. The average molecular weight is 380 g/mol. The fraction of sp³-hybridized carbons (Fsp3) is 0.400. The van der Waals surface area contributed by atoms with Gasteiger partial charge in [-0.15, -0.1) is 0 Å². The van der Waals surface area contributed by atoms with Gasteiger partial charge in [0.2, 0.25) is 0 Å². The minimum atomic E-state index is -0.232. The quantitative estimate of drug-likeness (QED) is 0.725. The normalized spacial score (nSPS) is 17.2. The van der Waals surface area contributed by atoms with Gasteiger partial charge in [-0.1, -0.05) is 13.8 Å². The summed E-state index contributed by atoms with van der Waals surface area (Å²) in [6.07, 6.45) is 8.62. The van der Waals surface area contributed by atoms with Crippen LogP contribution in [0.15, 0.2) is 37.1 Å². The smallest absolute Gasteiger partial charge is 0.287 e. The summed E-state index contributed by atoms with van der Waals surface area (Å²) in [5.41, 5.74) is 2.34. The second-order valence-electron chi connectivity index (χ2n) is 7.51. The van der Waals surface area contributed by atoms with Crippen LogP contribution >= 0.6 is 0 Å². The van der Waals surface area contributed by atoms with Crippen LogP contribution in [0.5, 0.6) is 0 Å². The molecular formula is C20H24N6O2. The van der Waals surface area contributed by atoms with Crippen LogP contribution in [-0.4, -0.2) is 55.2 Å². The van der Waals surface area contributed by atoms with Gasteiger partial charge < -0.3 is 19.6 Å². The summed E-state index contributed by atoms with van der Waals surface area (Å²) in [5.74, 6) is 0.327. The average Bonchev–Trinajstić information content (AvgIpc) is 3.37. The number of fused-ring (bicyclic) bond motifs is 1. The molecular weight excluding hydrogens is 356 g/mol. The minimum absolute atomic E-state index is 0.0369. The summed E-state index contributed by atoms with van der Waals surface area (Å²) >= 11 is 0. The number of piperidine rings is 1. The van der Waals surface area contributed by atoms with E-state index in [1.54, 1.807) is 23.6 Å². The van der Waals surface area contributed by atoms with Gasteiger partial charge in [0.25, 0.3) is 11.8 Å². The number of likely N-dealkylation sites (tertiary alicyclic amines) is 1. The van der Waals surface area contributed by atoms with Gasteiger partial charge in [0, 0.05) is 37.2 Å². The Labute approximate surface area is 163 Å². The van der Waals surface area contributed by atoms with Crippen molar-refractivity contribution in [1.82, 2.24) is 29.6 Å². The SMILES string of the molecule is CC(C)c1cnc(C(=O)NC2CCCN(C(=O)c3cccn4cncc34)C2)[nH]1. The molecule has 0 bridgehead atoms. The van der Waals surface area contributed by atoms with E-state index in [2.05, 4.69) is 20.3 Å². The third kappa shape index (κ3) is 3.49. The molecule has 3 aromatic heterocycles. The van der Waals surface area contributed by atoms with Crippen molar-refractivity contribution in [2.45, 2.75) is 38.6 Å². The zero-order valence-corrected chi connectivity index (χ0v) is 16.1. The summed E-state index contributed by atoms with van der Waals surface area (Å²) in [7, 11) is 0. The van der Waals surface area contributed by atoms with Crippen LogP contribution in [0.4, 0.5) is 0 Å². The monoisotopic (exact) mass is 380 g/mol. The highest BCUT2D eigenvalue weighted by atomic mass is 16.2. The molecule has 4 rings (SSSR count). The number of nitrogens with one attached hydrogen (secondary N) is 2. The Kier molecular flexibility index (Phi) is 4.85. The molecule has 3 aromatic rings. The first-order chi connectivity index (χ1) is 13.5. The molecule has 8 nitrogen and oxygen atoms in total. The number of imidazole rings is 2. The predicted octanol–water partition coefficient (Wildman–Crippen LogP) is 2.22. The van der Waals surface area contributed by atoms with Crippen LogP contribution < -0.4 is 5.32 Å². The van der Waals surface area contributed by atoms with Gasteiger partial charge in [0.1, 0.15) is 0 Å². The Morgan fingerprint density at radius 3 is 2.96 bits per heavy atom. The topological polar surface area (TPSA) is 95.4 Å². The molecule has 0 radical (unpaired) electrons.